The summed E-state index contributed by atoms with van der Waals surface area (Å²) in [7, 11) is 0. The quantitative estimate of drug-likeness (QED) is 0.569. The Morgan fingerprint density at radius 2 is 1.92 bits per heavy atom. The van der Waals surface area contributed by atoms with Crippen LogP contribution in [0.5, 0.6) is 0 Å². The summed E-state index contributed by atoms with van der Waals surface area (Å²) in [6.45, 7) is 5.71. The molecule has 0 aliphatic carbocycles. The highest BCUT2D eigenvalue weighted by Gasteiger charge is 2.34. The van der Waals surface area contributed by atoms with E-state index in [-0.39, 0.29) is 6.04 Å². The number of alkyl halides is 3. The zero-order valence-corrected chi connectivity index (χ0v) is 14.5. The molecule has 2 rings (SSSR count). The Kier molecular flexibility index (Phi) is 5.70. The van der Waals surface area contributed by atoms with Crippen molar-refractivity contribution in [2.24, 2.45) is 0 Å². The molecule has 24 heavy (non-hydrogen) atoms. The molecule has 1 saturated heterocycles. The lowest BCUT2D eigenvalue weighted by atomic mass is 10.0. The molecule has 1 unspecified atom stereocenters. The molecule has 0 N–H and O–H groups in total. The average molecular weight is 363 g/mol. The van der Waals surface area contributed by atoms with Gasteiger partial charge in [-0.15, -0.1) is 0 Å². The predicted octanol–water partition coefficient (Wildman–Crippen LogP) is 4.84. The minimum atomic E-state index is -4.33. The molecule has 134 valence electrons. The minimum absolute atomic E-state index is 0.174. The Balaban J connectivity index is 1.92. The van der Waals surface area contributed by atoms with Gasteiger partial charge in [0.05, 0.1) is 18.2 Å². The van der Waals surface area contributed by atoms with Crippen molar-refractivity contribution in [3.05, 3.63) is 35.4 Å². The summed E-state index contributed by atoms with van der Waals surface area (Å²) in [4.78, 5) is 12.1. The summed E-state index contributed by atoms with van der Waals surface area (Å²) in [6, 6.07) is 4.89. The molecule has 0 aromatic heterocycles. The number of ether oxygens (including phenoxy) is 1. The van der Waals surface area contributed by atoms with Crippen LogP contribution in [-0.4, -0.2) is 28.6 Å². The molecule has 1 atom stereocenters. The van der Waals surface area contributed by atoms with Gasteiger partial charge in [-0.3, -0.25) is 4.18 Å². The van der Waals surface area contributed by atoms with E-state index >= 15 is 0 Å². The highest BCUT2D eigenvalue weighted by molar-refractivity contribution is 7.93. The van der Waals surface area contributed by atoms with Crippen LogP contribution in [0, 0.1) is 0 Å². The third kappa shape index (κ3) is 5.31. The zero-order valence-electron chi connectivity index (χ0n) is 13.7. The number of halogens is 3. The van der Waals surface area contributed by atoms with Gasteiger partial charge in [0, 0.05) is 0 Å². The van der Waals surface area contributed by atoms with Crippen molar-refractivity contribution in [3.8, 4) is 0 Å². The van der Waals surface area contributed by atoms with E-state index in [2.05, 4.69) is 0 Å². The number of aryl methyl sites for hydroxylation is 1. The summed E-state index contributed by atoms with van der Waals surface area (Å²) in [6.07, 6.45) is -3.67. The van der Waals surface area contributed by atoms with E-state index in [0.29, 0.717) is 19.4 Å². The fourth-order valence-corrected chi connectivity index (χ4v) is 2.89. The minimum Gasteiger partial charge on any atom is -0.443 e. The molecule has 0 saturated carbocycles. The molecule has 0 bridgehead atoms. The van der Waals surface area contributed by atoms with Crippen LogP contribution in [0.3, 0.4) is 0 Å². The molecule has 8 heteroatoms. The van der Waals surface area contributed by atoms with Gasteiger partial charge in [-0.25, -0.2) is 9.10 Å². The smallest absolute Gasteiger partial charge is 0.422 e. The van der Waals surface area contributed by atoms with E-state index in [1.807, 2.05) is 0 Å². The fraction of sp³-hybridized carbons (Fsp3) is 0.562. The van der Waals surface area contributed by atoms with Crippen LogP contribution in [-0.2, 0) is 21.5 Å². The van der Waals surface area contributed by atoms with Crippen molar-refractivity contribution in [2.75, 3.05) is 6.61 Å². The zero-order chi connectivity index (χ0) is 18.0. The highest BCUT2D eigenvalue weighted by Crippen LogP contribution is 2.31. The second-order valence-corrected chi connectivity index (χ2v) is 7.33. The lowest BCUT2D eigenvalue weighted by molar-refractivity contribution is -0.137. The molecule has 1 aromatic carbocycles. The van der Waals surface area contributed by atoms with Gasteiger partial charge in [0.1, 0.15) is 17.8 Å². The standard InChI is InChI=1S/C16H20F3NO3S/c1-15(2,3)23-14(21)20-13(10-22-24-20)9-6-11-4-7-12(8-5-11)16(17,18)19/h4-5,7-8,13H,6,9-10H2,1-3H3. The monoisotopic (exact) mass is 363 g/mol. The molecule has 1 heterocycles. The van der Waals surface area contributed by atoms with Crippen molar-refractivity contribution in [2.45, 2.75) is 51.4 Å². The number of hydrogen-bond acceptors (Lipinski definition) is 4. The van der Waals surface area contributed by atoms with Crippen LogP contribution in [0.25, 0.3) is 0 Å². The van der Waals surface area contributed by atoms with Crippen molar-refractivity contribution in [3.63, 3.8) is 0 Å². The third-order valence-electron chi connectivity index (χ3n) is 3.35. The van der Waals surface area contributed by atoms with E-state index in [9.17, 15) is 18.0 Å². The predicted molar refractivity (Wildman–Crippen MR) is 85.2 cm³/mol. The number of carbonyl (C=O) groups is 1. The Morgan fingerprint density at radius 1 is 1.29 bits per heavy atom. The van der Waals surface area contributed by atoms with Gasteiger partial charge in [-0.05, 0) is 51.3 Å². The van der Waals surface area contributed by atoms with Gasteiger partial charge in [0.25, 0.3) is 0 Å². The van der Waals surface area contributed by atoms with Crippen LogP contribution in [0.4, 0.5) is 18.0 Å². The average Bonchev–Trinajstić information content (AvgIpc) is 2.91. The maximum Gasteiger partial charge on any atom is 0.422 e. The van der Waals surface area contributed by atoms with Crippen LogP contribution >= 0.6 is 12.2 Å². The van der Waals surface area contributed by atoms with Crippen molar-refractivity contribution in [1.82, 2.24) is 4.31 Å². The summed E-state index contributed by atoms with van der Waals surface area (Å²) < 4.78 is 49.7. The Bertz CT molecular complexity index is 569. The van der Waals surface area contributed by atoms with E-state index in [4.69, 9.17) is 8.92 Å². The van der Waals surface area contributed by atoms with E-state index in [0.717, 1.165) is 29.9 Å². The summed E-state index contributed by atoms with van der Waals surface area (Å²) >= 11 is 0.950. The largest absolute Gasteiger partial charge is 0.443 e. The van der Waals surface area contributed by atoms with Crippen molar-refractivity contribution in [1.29, 1.82) is 0 Å². The number of benzene rings is 1. The summed E-state index contributed by atoms with van der Waals surface area (Å²) in [5, 5.41) is 0. The van der Waals surface area contributed by atoms with Gasteiger partial charge in [0.15, 0.2) is 0 Å². The summed E-state index contributed by atoms with van der Waals surface area (Å²) in [5.74, 6) is 0. The molecule has 0 spiro atoms. The number of rotatable bonds is 3. The molecular weight excluding hydrogens is 343 g/mol. The molecule has 1 amide bonds. The van der Waals surface area contributed by atoms with E-state index < -0.39 is 23.4 Å². The van der Waals surface area contributed by atoms with Gasteiger partial charge in [-0.2, -0.15) is 13.2 Å². The van der Waals surface area contributed by atoms with E-state index in [1.165, 1.54) is 16.4 Å². The molecule has 0 radical (unpaired) electrons. The lowest BCUT2D eigenvalue weighted by Gasteiger charge is -2.25. The third-order valence-corrected chi connectivity index (χ3v) is 4.20. The van der Waals surface area contributed by atoms with Gasteiger partial charge in [-0.1, -0.05) is 12.1 Å². The molecule has 1 aromatic rings. The van der Waals surface area contributed by atoms with Crippen LogP contribution in [0.15, 0.2) is 24.3 Å². The molecule has 1 aliphatic heterocycles. The van der Waals surface area contributed by atoms with Crippen molar-refractivity contribution < 1.29 is 26.9 Å². The number of nitrogens with zero attached hydrogens (tertiary/aromatic N) is 1. The number of carbonyl (C=O) groups excluding carboxylic acids is 1. The van der Waals surface area contributed by atoms with Crippen LogP contribution in [0.2, 0.25) is 0 Å². The first kappa shape index (κ1) is 18.9. The second-order valence-electron chi connectivity index (χ2n) is 6.55. The van der Waals surface area contributed by atoms with Crippen LogP contribution in [0.1, 0.15) is 38.3 Å². The molecule has 1 aliphatic rings. The first-order chi connectivity index (χ1) is 11.1. The number of hydrogen-bond donors (Lipinski definition) is 0. The molecule has 4 nitrogen and oxygen atoms in total. The normalized spacial score (nSPS) is 18.8. The highest BCUT2D eigenvalue weighted by atomic mass is 32.2. The topological polar surface area (TPSA) is 38.8 Å². The fourth-order valence-electron chi connectivity index (χ4n) is 2.17. The SMILES string of the molecule is CC(C)(C)OC(=O)N1SOCC1CCc1ccc(C(F)(F)F)cc1. The van der Waals surface area contributed by atoms with Gasteiger partial charge < -0.3 is 4.74 Å². The second kappa shape index (κ2) is 7.23. The maximum atomic E-state index is 12.5. The van der Waals surface area contributed by atoms with E-state index in [1.54, 1.807) is 20.8 Å². The van der Waals surface area contributed by atoms with Gasteiger partial charge in [0.2, 0.25) is 0 Å². The summed E-state index contributed by atoms with van der Waals surface area (Å²) in [5.41, 5.74) is -0.483. The lowest BCUT2D eigenvalue weighted by Crippen LogP contribution is -2.37. The van der Waals surface area contributed by atoms with Crippen LogP contribution < -0.4 is 0 Å². The molecule has 1 fully saturated rings. The maximum absolute atomic E-state index is 12.5. The Morgan fingerprint density at radius 3 is 2.46 bits per heavy atom. The molecular formula is C16H20F3NO3S. The van der Waals surface area contributed by atoms with Gasteiger partial charge >= 0.3 is 12.3 Å². The Hall–Kier alpha value is -1.41. The first-order valence-corrected chi connectivity index (χ1v) is 8.24. The number of amides is 1. The van der Waals surface area contributed by atoms with Crippen molar-refractivity contribution >= 4 is 18.3 Å². The first-order valence-electron chi connectivity index (χ1n) is 7.54. The Labute approximate surface area is 143 Å².